The summed E-state index contributed by atoms with van der Waals surface area (Å²) < 4.78 is 5.32. The van der Waals surface area contributed by atoms with Crippen molar-refractivity contribution < 1.29 is 9.53 Å². The highest BCUT2D eigenvalue weighted by Gasteiger charge is 2.52. The first-order valence-corrected chi connectivity index (χ1v) is 4.71. The zero-order valence-corrected chi connectivity index (χ0v) is 8.41. The highest BCUT2D eigenvalue weighted by atomic mass is 16.6. The van der Waals surface area contributed by atoms with Gasteiger partial charge >= 0.3 is 6.09 Å². The van der Waals surface area contributed by atoms with Crippen molar-refractivity contribution >= 4 is 6.09 Å². The summed E-state index contributed by atoms with van der Waals surface area (Å²) in [6, 6.07) is 0.551. The molecule has 0 aliphatic carbocycles. The van der Waals surface area contributed by atoms with Gasteiger partial charge < -0.3 is 9.64 Å². The summed E-state index contributed by atoms with van der Waals surface area (Å²) in [5.74, 6) is 0. The van der Waals surface area contributed by atoms with Gasteiger partial charge in [0, 0.05) is 26.2 Å². The van der Waals surface area contributed by atoms with Crippen molar-refractivity contribution in [2.24, 2.45) is 0 Å². The fourth-order valence-corrected chi connectivity index (χ4v) is 2.02. The van der Waals surface area contributed by atoms with Gasteiger partial charge in [-0.25, -0.2) is 4.79 Å². The van der Waals surface area contributed by atoms with E-state index >= 15 is 0 Å². The molecule has 0 unspecified atom stereocenters. The Morgan fingerprint density at radius 2 is 2.00 bits per heavy atom. The van der Waals surface area contributed by atoms with E-state index in [1.807, 2.05) is 0 Å². The van der Waals surface area contributed by atoms with Gasteiger partial charge in [-0.15, -0.1) is 0 Å². The van der Waals surface area contributed by atoms with E-state index in [4.69, 9.17) is 4.74 Å². The Kier molecular flexibility index (Phi) is 1.77. The van der Waals surface area contributed by atoms with Crippen LogP contribution in [0.4, 0.5) is 4.79 Å². The van der Waals surface area contributed by atoms with Crippen molar-refractivity contribution in [3.8, 4) is 0 Å². The van der Waals surface area contributed by atoms with Crippen molar-refractivity contribution in [2.45, 2.75) is 25.5 Å². The molecule has 0 N–H and O–H groups in total. The molecule has 2 saturated heterocycles. The van der Waals surface area contributed by atoms with Gasteiger partial charge in [0.15, 0.2) is 5.60 Å². The van der Waals surface area contributed by atoms with Gasteiger partial charge in [0.1, 0.15) is 0 Å². The number of carbonyl (C=O) groups is 1. The SMILES string of the molecule is CC(C)N1CC2(CN(C)C(=O)O2)C1. The Morgan fingerprint density at radius 3 is 2.38 bits per heavy atom. The average molecular weight is 184 g/mol. The third-order valence-electron chi connectivity index (χ3n) is 2.85. The van der Waals surface area contributed by atoms with Crippen molar-refractivity contribution in [1.29, 1.82) is 0 Å². The van der Waals surface area contributed by atoms with Crippen LogP contribution in [0.5, 0.6) is 0 Å². The predicted molar refractivity (Wildman–Crippen MR) is 48.6 cm³/mol. The van der Waals surface area contributed by atoms with Crippen LogP contribution in [0.2, 0.25) is 0 Å². The van der Waals surface area contributed by atoms with Crippen LogP contribution >= 0.6 is 0 Å². The maximum absolute atomic E-state index is 11.1. The zero-order valence-electron chi connectivity index (χ0n) is 8.41. The molecular weight excluding hydrogens is 168 g/mol. The molecule has 1 amide bonds. The van der Waals surface area contributed by atoms with E-state index in [1.54, 1.807) is 11.9 Å². The summed E-state index contributed by atoms with van der Waals surface area (Å²) in [5.41, 5.74) is -0.184. The van der Waals surface area contributed by atoms with Crippen molar-refractivity contribution in [2.75, 3.05) is 26.7 Å². The second-order valence-corrected chi connectivity index (χ2v) is 4.41. The van der Waals surface area contributed by atoms with Crippen LogP contribution < -0.4 is 0 Å². The van der Waals surface area contributed by atoms with Crippen LogP contribution in [0.15, 0.2) is 0 Å². The molecule has 0 aromatic rings. The average Bonchev–Trinajstić information content (AvgIpc) is 2.24. The van der Waals surface area contributed by atoms with Gasteiger partial charge in [-0.05, 0) is 13.8 Å². The molecule has 0 bridgehead atoms. The summed E-state index contributed by atoms with van der Waals surface area (Å²) in [6.07, 6.45) is -0.177. The lowest BCUT2D eigenvalue weighted by Crippen LogP contribution is -2.65. The molecule has 0 saturated carbocycles. The lowest BCUT2D eigenvalue weighted by atomic mass is 9.93. The number of ether oxygens (including phenoxy) is 1. The topological polar surface area (TPSA) is 32.8 Å². The van der Waals surface area contributed by atoms with Crippen molar-refractivity contribution in [3.63, 3.8) is 0 Å². The van der Waals surface area contributed by atoms with Crippen LogP contribution in [-0.4, -0.2) is 54.2 Å². The summed E-state index contributed by atoms with van der Waals surface area (Å²) in [6.45, 7) is 6.84. The molecule has 2 aliphatic rings. The normalized spacial score (nSPS) is 26.8. The first kappa shape index (κ1) is 8.81. The molecule has 4 nitrogen and oxygen atoms in total. The molecule has 74 valence electrons. The van der Waals surface area contributed by atoms with E-state index in [0.29, 0.717) is 6.04 Å². The third kappa shape index (κ3) is 1.29. The number of rotatable bonds is 1. The van der Waals surface area contributed by atoms with Crippen LogP contribution in [0.3, 0.4) is 0 Å². The monoisotopic (exact) mass is 184 g/mol. The Hall–Kier alpha value is -0.770. The molecule has 4 heteroatoms. The molecule has 1 spiro atoms. The number of nitrogens with zero attached hydrogens (tertiary/aromatic N) is 2. The van der Waals surface area contributed by atoms with Gasteiger partial charge in [-0.2, -0.15) is 0 Å². The predicted octanol–water partition coefficient (Wildman–Crippen LogP) is 0.531. The highest BCUT2D eigenvalue weighted by Crippen LogP contribution is 2.32. The summed E-state index contributed by atoms with van der Waals surface area (Å²) in [7, 11) is 1.79. The minimum atomic E-state index is -0.184. The van der Waals surface area contributed by atoms with Gasteiger partial charge in [-0.1, -0.05) is 0 Å². The summed E-state index contributed by atoms with van der Waals surface area (Å²) in [4.78, 5) is 15.1. The zero-order chi connectivity index (χ0) is 9.64. The Labute approximate surface area is 78.4 Å². The molecule has 2 aliphatic heterocycles. The number of likely N-dealkylation sites (tertiary alicyclic amines) is 1. The molecule has 2 rings (SSSR count). The Bertz CT molecular complexity index is 234. The minimum Gasteiger partial charge on any atom is -0.438 e. The summed E-state index contributed by atoms with van der Waals surface area (Å²) in [5, 5.41) is 0. The van der Waals surface area contributed by atoms with Gasteiger partial charge in [0.2, 0.25) is 0 Å². The fraction of sp³-hybridized carbons (Fsp3) is 0.889. The van der Waals surface area contributed by atoms with E-state index in [0.717, 1.165) is 19.6 Å². The second-order valence-electron chi connectivity index (χ2n) is 4.41. The lowest BCUT2D eigenvalue weighted by molar-refractivity contribution is -0.0865. The number of hydrogen-bond donors (Lipinski definition) is 0. The number of hydrogen-bond acceptors (Lipinski definition) is 3. The van der Waals surface area contributed by atoms with Crippen LogP contribution in [0.1, 0.15) is 13.8 Å². The van der Waals surface area contributed by atoms with Gasteiger partial charge in [0.05, 0.1) is 6.54 Å². The molecule has 0 radical (unpaired) electrons. The Balaban J connectivity index is 1.95. The van der Waals surface area contributed by atoms with Gasteiger partial charge in [-0.3, -0.25) is 4.90 Å². The van der Waals surface area contributed by atoms with E-state index in [-0.39, 0.29) is 11.7 Å². The van der Waals surface area contributed by atoms with Crippen LogP contribution in [0, 0.1) is 0 Å². The minimum absolute atomic E-state index is 0.177. The van der Waals surface area contributed by atoms with E-state index in [9.17, 15) is 4.79 Å². The van der Waals surface area contributed by atoms with Crippen molar-refractivity contribution in [1.82, 2.24) is 9.80 Å². The second kappa shape index (κ2) is 2.61. The highest BCUT2D eigenvalue weighted by molar-refractivity contribution is 5.70. The Morgan fingerprint density at radius 1 is 1.38 bits per heavy atom. The first-order chi connectivity index (χ1) is 6.02. The van der Waals surface area contributed by atoms with E-state index in [1.165, 1.54) is 0 Å². The maximum atomic E-state index is 11.1. The lowest BCUT2D eigenvalue weighted by Gasteiger charge is -2.47. The molecule has 0 aromatic carbocycles. The quantitative estimate of drug-likeness (QED) is 0.596. The molecule has 0 atom stereocenters. The number of amides is 1. The molecule has 2 heterocycles. The molecule has 0 aromatic heterocycles. The van der Waals surface area contributed by atoms with Crippen molar-refractivity contribution in [3.05, 3.63) is 0 Å². The summed E-state index contributed by atoms with van der Waals surface area (Å²) >= 11 is 0. The number of likely N-dealkylation sites (N-methyl/N-ethyl adjacent to an activating group) is 1. The van der Waals surface area contributed by atoms with Crippen LogP contribution in [0.25, 0.3) is 0 Å². The fourth-order valence-electron chi connectivity index (χ4n) is 2.02. The van der Waals surface area contributed by atoms with Gasteiger partial charge in [0.25, 0.3) is 0 Å². The first-order valence-electron chi connectivity index (χ1n) is 4.71. The third-order valence-corrected chi connectivity index (χ3v) is 2.85. The standard InChI is InChI=1S/C9H16N2O2/c1-7(2)11-5-9(6-11)4-10(3)8(12)13-9/h7H,4-6H2,1-3H3. The number of carbonyl (C=O) groups excluding carboxylic acids is 1. The van der Waals surface area contributed by atoms with E-state index in [2.05, 4.69) is 18.7 Å². The largest absolute Gasteiger partial charge is 0.438 e. The van der Waals surface area contributed by atoms with Crippen LogP contribution in [-0.2, 0) is 4.74 Å². The maximum Gasteiger partial charge on any atom is 0.410 e. The smallest absolute Gasteiger partial charge is 0.410 e. The molecule has 13 heavy (non-hydrogen) atoms. The molecular formula is C9H16N2O2. The molecule has 2 fully saturated rings. The van der Waals surface area contributed by atoms with E-state index < -0.39 is 0 Å².